The Labute approximate surface area is 133 Å². The van der Waals surface area contributed by atoms with Crippen molar-refractivity contribution < 1.29 is 48.7 Å². The van der Waals surface area contributed by atoms with Gasteiger partial charge in [-0.15, -0.1) is 0 Å². The fraction of sp³-hybridized carbons (Fsp3) is 0.455. The summed E-state index contributed by atoms with van der Waals surface area (Å²) in [5.74, 6) is 0.491. The van der Waals surface area contributed by atoms with E-state index in [2.05, 4.69) is 0 Å². The van der Waals surface area contributed by atoms with E-state index >= 15 is 0 Å². The summed E-state index contributed by atoms with van der Waals surface area (Å²) >= 11 is 0. The number of rotatable bonds is 0. The van der Waals surface area contributed by atoms with E-state index in [9.17, 15) is 10.2 Å². The number of aromatic hydroxyl groups is 2. The van der Waals surface area contributed by atoms with Gasteiger partial charge < -0.3 is 39.6 Å². The second-order valence-electron chi connectivity index (χ2n) is 5.43. The molecule has 0 heterocycles. The Morgan fingerprint density at radius 2 is 1.09 bits per heavy atom. The second kappa shape index (κ2) is 8.77. The van der Waals surface area contributed by atoms with E-state index in [4.69, 9.17) is 38.5 Å². The molecule has 0 bridgehead atoms. The summed E-state index contributed by atoms with van der Waals surface area (Å²) in [7, 11) is -9.28. The molecule has 0 aliphatic heterocycles. The van der Waals surface area contributed by atoms with Gasteiger partial charge >= 0.3 is 15.6 Å². The van der Waals surface area contributed by atoms with Crippen LogP contribution in [0.3, 0.4) is 0 Å². The number of phosphoric acid groups is 2. The monoisotopic (exact) mass is 376 g/mol. The summed E-state index contributed by atoms with van der Waals surface area (Å²) in [6.45, 7) is 7.76. The summed E-state index contributed by atoms with van der Waals surface area (Å²) in [6.07, 6.45) is 0. The molecule has 10 nitrogen and oxygen atoms in total. The highest BCUT2D eigenvalue weighted by Crippen LogP contribution is 2.35. The quantitative estimate of drug-likeness (QED) is 0.237. The summed E-state index contributed by atoms with van der Waals surface area (Å²) in [5.41, 5.74) is 1.33. The first-order chi connectivity index (χ1) is 9.82. The molecule has 0 radical (unpaired) electrons. The second-order valence-corrected chi connectivity index (χ2v) is 7.49. The summed E-state index contributed by atoms with van der Waals surface area (Å²) in [4.78, 5) is 43.1. The van der Waals surface area contributed by atoms with Crippen LogP contribution in [0.4, 0.5) is 0 Å². The Balaban J connectivity index is 0. The zero-order valence-corrected chi connectivity index (χ0v) is 14.7. The number of phenols is 2. The van der Waals surface area contributed by atoms with Gasteiger partial charge in [-0.05, 0) is 30.0 Å². The van der Waals surface area contributed by atoms with Crippen molar-refractivity contribution in [2.24, 2.45) is 0 Å². The van der Waals surface area contributed by atoms with Gasteiger partial charge in [0.15, 0.2) is 0 Å². The molecule has 0 fully saturated rings. The third-order valence-corrected chi connectivity index (χ3v) is 2.12. The molecule has 0 atom stereocenters. The minimum absolute atomic E-state index is 0.144. The van der Waals surface area contributed by atoms with Crippen molar-refractivity contribution in [3.05, 3.63) is 23.3 Å². The van der Waals surface area contributed by atoms with Crippen LogP contribution >= 0.6 is 15.6 Å². The van der Waals surface area contributed by atoms with E-state index in [1.54, 1.807) is 19.1 Å². The van der Waals surface area contributed by atoms with Crippen LogP contribution < -0.4 is 0 Å². The largest absolute Gasteiger partial charge is 0.508 e. The number of benzene rings is 1. The van der Waals surface area contributed by atoms with Gasteiger partial charge in [-0.2, -0.15) is 0 Å². The van der Waals surface area contributed by atoms with Crippen molar-refractivity contribution in [1.29, 1.82) is 0 Å². The highest BCUT2D eigenvalue weighted by Gasteiger charge is 2.19. The van der Waals surface area contributed by atoms with Crippen LogP contribution in [0.5, 0.6) is 11.5 Å². The molecule has 0 aliphatic carbocycles. The van der Waals surface area contributed by atoms with Crippen LogP contribution in [0.2, 0.25) is 0 Å². The van der Waals surface area contributed by atoms with E-state index < -0.39 is 15.6 Å². The van der Waals surface area contributed by atoms with Gasteiger partial charge in [0.2, 0.25) is 0 Å². The predicted molar refractivity (Wildman–Crippen MR) is 81.7 cm³/mol. The zero-order chi connectivity index (χ0) is 19.2. The van der Waals surface area contributed by atoms with Crippen LogP contribution in [-0.2, 0) is 14.5 Å². The molecule has 136 valence electrons. The molecule has 1 aromatic carbocycles. The minimum Gasteiger partial charge on any atom is -0.508 e. The molecule has 8 N–H and O–H groups in total. The maximum absolute atomic E-state index is 9.64. The average Bonchev–Trinajstić information content (AvgIpc) is 2.16. The highest BCUT2D eigenvalue weighted by molar-refractivity contribution is 7.45. The maximum Gasteiger partial charge on any atom is 0.466 e. The average molecular weight is 376 g/mol. The first-order valence-electron chi connectivity index (χ1n) is 5.92. The van der Waals surface area contributed by atoms with Crippen molar-refractivity contribution in [3.63, 3.8) is 0 Å². The van der Waals surface area contributed by atoms with Crippen molar-refractivity contribution in [3.8, 4) is 11.5 Å². The molecule has 0 amide bonds. The predicted octanol–water partition coefficient (Wildman–Crippen LogP) is 0.847. The van der Waals surface area contributed by atoms with Gasteiger partial charge in [0, 0.05) is 5.56 Å². The number of phenolic OH excluding ortho intramolecular Hbond substituents is 2. The molecule has 12 heteroatoms. The Morgan fingerprint density at radius 1 is 0.783 bits per heavy atom. The number of aryl methyl sites for hydroxylation is 1. The molecule has 0 saturated heterocycles. The van der Waals surface area contributed by atoms with Crippen LogP contribution in [-0.4, -0.2) is 39.6 Å². The SMILES string of the molecule is Cc1cc(O)c(C(C)(C)C)cc1O.O=P(O)(O)O.O=P(O)(O)O. The molecule has 0 unspecified atom stereocenters. The normalized spacial score (nSPS) is 11.7. The van der Waals surface area contributed by atoms with Gasteiger partial charge in [0.1, 0.15) is 11.5 Å². The van der Waals surface area contributed by atoms with E-state index in [0.717, 1.165) is 5.56 Å². The lowest BCUT2D eigenvalue weighted by atomic mass is 9.85. The Bertz CT molecular complexity index is 559. The smallest absolute Gasteiger partial charge is 0.466 e. The maximum atomic E-state index is 9.64. The summed E-state index contributed by atoms with van der Waals surface area (Å²) < 4.78 is 17.8. The molecule has 0 spiro atoms. The van der Waals surface area contributed by atoms with E-state index in [-0.39, 0.29) is 16.9 Å². The molecule has 0 aromatic heterocycles. The lowest BCUT2D eigenvalue weighted by molar-refractivity contribution is 0.272. The van der Waals surface area contributed by atoms with Gasteiger partial charge in [0.25, 0.3) is 0 Å². The Hall–Kier alpha value is -0.960. The van der Waals surface area contributed by atoms with Crippen molar-refractivity contribution >= 4 is 15.6 Å². The topological polar surface area (TPSA) is 196 Å². The van der Waals surface area contributed by atoms with Gasteiger partial charge in [-0.25, -0.2) is 9.13 Å². The highest BCUT2D eigenvalue weighted by atomic mass is 31.2. The van der Waals surface area contributed by atoms with Crippen molar-refractivity contribution in [1.82, 2.24) is 0 Å². The molecule has 0 aliphatic rings. The van der Waals surface area contributed by atoms with E-state index in [0.29, 0.717) is 5.56 Å². The first-order valence-corrected chi connectivity index (χ1v) is 9.05. The van der Waals surface area contributed by atoms with Crippen molar-refractivity contribution in [2.75, 3.05) is 0 Å². The summed E-state index contributed by atoms with van der Waals surface area (Å²) in [5, 5.41) is 19.1. The molecular formula is C11H22O10P2. The van der Waals surface area contributed by atoms with Crippen LogP contribution in [0, 0.1) is 6.92 Å². The van der Waals surface area contributed by atoms with E-state index in [1.807, 2.05) is 20.8 Å². The minimum atomic E-state index is -4.64. The van der Waals surface area contributed by atoms with Crippen molar-refractivity contribution in [2.45, 2.75) is 33.1 Å². The molecule has 1 aromatic rings. The first kappa shape index (κ1) is 24.3. The molecule has 0 saturated carbocycles. The Kier molecular flexibility index (Phi) is 9.26. The molecule has 1 rings (SSSR count). The van der Waals surface area contributed by atoms with Gasteiger partial charge in [-0.3, -0.25) is 0 Å². The number of hydrogen-bond acceptors (Lipinski definition) is 4. The molecule has 23 heavy (non-hydrogen) atoms. The van der Waals surface area contributed by atoms with Gasteiger partial charge in [-0.1, -0.05) is 20.8 Å². The van der Waals surface area contributed by atoms with Crippen LogP contribution in [0.1, 0.15) is 31.9 Å². The lowest BCUT2D eigenvalue weighted by Crippen LogP contribution is -2.11. The zero-order valence-electron chi connectivity index (χ0n) is 12.9. The lowest BCUT2D eigenvalue weighted by Gasteiger charge is -2.21. The fourth-order valence-electron chi connectivity index (χ4n) is 1.28. The molecular weight excluding hydrogens is 354 g/mol. The summed E-state index contributed by atoms with van der Waals surface area (Å²) in [6, 6.07) is 3.22. The van der Waals surface area contributed by atoms with Crippen LogP contribution in [0.15, 0.2) is 12.1 Å². The third kappa shape index (κ3) is 17.2. The van der Waals surface area contributed by atoms with Crippen LogP contribution in [0.25, 0.3) is 0 Å². The number of hydrogen-bond donors (Lipinski definition) is 8. The van der Waals surface area contributed by atoms with E-state index in [1.165, 1.54) is 0 Å². The third-order valence-electron chi connectivity index (χ3n) is 2.12. The Morgan fingerprint density at radius 3 is 1.35 bits per heavy atom. The van der Waals surface area contributed by atoms with Gasteiger partial charge in [0.05, 0.1) is 0 Å². The standard InChI is InChI=1S/C11H16O2.2H3O4P/c1-7-5-10(13)8(6-9(7)12)11(2,3)4;2*1-5(2,3)4/h5-6,12-13H,1-4H3;2*(H3,1,2,3,4). The fourth-order valence-corrected chi connectivity index (χ4v) is 1.28.